The Morgan fingerprint density at radius 2 is 1.82 bits per heavy atom. The van der Waals surface area contributed by atoms with Gasteiger partial charge in [-0.05, 0) is 17.9 Å². The fraction of sp³-hybridized carbons (Fsp3) is 0.133. The van der Waals surface area contributed by atoms with Crippen molar-refractivity contribution in [1.29, 1.82) is 0 Å². The predicted octanol–water partition coefficient (Wildman–Crippen LogP) is 2.76. The molecule has 0 aliphatic carbocycles. The van der Waals surface area contributed by atoms with Gasteiger partial charge >= 0.3 is 0 Å². The maximum Gasteiger partial charge on any atom is 0.195 e. The summed E-state index contributed by atoms with van der Waals surface area (Å²) in [4.78, 5) is 0. The number of rotatable bonds is 1. The first-order chi connectivity index (χ1) is 8.27. The molecule has 2 heteroatoms. The number of hydrogen-bond donors (Lipinski definition) is 0. The first-order valence-corrected chi connectivity index (χ1v) is 5.79. The molecule has 2 nitrogen and oxygen atoms in total. The summed E-state index contributed by atoms with van der Waals surface area (Å²) in [7, 11) is 2.06. The van der Waals surface area contributed by atoms with Crippen molar-refractivity contribution in [3.05, 3.63) is 60.4 Å². The van der Waals surface area contributed by atoms with E-state index < -0.39 is 0 Å². The molecule has 0 saturated carbocycles. The van der Waals surface area contributed by atoms with Crippen LogP contribution in [0.1, 0.15) is 5.56 Å². The van der Waals surface area contributed by atoms with E-state index in [1.807, 2.05) is 0 Å². The molecule has 0 radical (unpaired) electrons. The molecule has 0 aliphatic heterocycles. The monoisotopic (exact) mass is 223 g/mol. The highest BCUT2D eigenvalue weighted by Crippen LogP contribution is 2.24. The van der Waals surface area contributed by atoms with E-state index in [4.69, 9.17) is 0 Å². The Labute approximate surface area is 101 Å². The summed E-state index contributed by atoms with van der Waals surface area (Å²) >= 11 is 0. The summed E-state index contributed by atoms with van der Waals surface area (Å²) in [5.41, 5.74) is 2.55. The Morgan fingerprint density at radius 3 is 2.59 bits per heavy atom. The van der Waals surface area contributed by atoms with Gasteiger partial charge in [-0.25, -0.2) is 0 Å². The summed E-state index contributed by atoms with van der Waals surface area (Å²) in [6.07, 6.45) is 4.15. The minimum atomic E-state index is 1.26. The second kappa shape index (κ2) is 3.74. The van der Waals surface area contributed by atoms with E-state index in [9.17, 15) is 0 Å². The maximum atomic E-state index is 2.18. The molecule has 17 heavy (non-hydrogen) atoms. The van der Waals surface area contributed by atoms with E-state index in [1.54, 1.807) is 0 Å². The third kappa shape index (κ3) is 1.53. The van der Waals surface area contributed by atoms with Crippen molar-refractivity contribution in [3.63, 3.8) is 0 Å². The molecule has 0 atom stereocenters. The van der Waals surface area contributed by atoms with Crippen LogP contribution in [0.3, 0.4) is 0 Å². The maximum absolute atomic E-state index is 2.18. The van der Waals surface area contributed by atoms with Crippen molar-refractivity contribution in [3.8, 4) is 5.69 Å². The van der Waals surface area contributed by atoms with Crippen LogP contribution in [-0.4, -0.2) is 4.68 Å². The van der Waals surface area contributed by atoms with Crippen LogP contribution in [0.2, 0.25) is 0 Å². The molecular weight excluding hydrogens is 208 g/mol. The molecule has 3 aromatic rings. The van der Waals surface area contributed by atoms with Crippen LogP contribution >= 0.6 is 0 Å². The second-order valence-corrected chi connectivity index (χ2v) is 4.36. The van der Waals surface area contributed by atoms with Crippen molar-refractivity contribution < 1.29 is 4.68 Å². The van der Waals surface area contributed by atoms with Gasteiger partial charge in [0.15, 0.2) is 13.2 Å². The van der Waals surface area contributed by atoms with Crippen LogP contribution in [0.4, 0.5) is 0 Å². The molecule has 2 aromatic carbocycles. The van der Waals surface area contributed by atoms with Crippen LogP contribution in [-0.2, 0) is 7.05 Å². The Kier molecular flexibility index (Phi) is 2.22. The van der Waals surface area contributed by atoms with Crippen molar-refractivity contribution in [2.45, 2.75) is 6.92 Å². The molecule has 0 N–H and O–H groups in total. The van der Waals surface area contributed by atoms with Gasteiger partial charge in [0.25, 0.3) is 0 Å². The summed E-state index contributed by atoms with van der Waals surface area (Å²) in [6.45, 7) is 2.15. The average Bonchev–Trinajstić information content (AvgIpc) is 2.75. The van der Waals surface area contributed by atoms with Gasteiger partial charge in [0.2, 0.25) is 0 Å². The van der Waals surface area contributed by atoms with Crippen molar-refractivity contribution in [2.24, 2.45) is 7.05 Å². The zero-order valence-corrected chi connectivity index (χ0v) is 10.1. The van der Waals surface area contributed by atoms with E-state index in [0.717, 1.165) is 0 Å². The first-order valence-electron chi connectivity index (χ1n) is 5.79. The van der Waals surface area contributed by atoms with Crippen LogP contribution in [0.15, 0.2) is 54.9 Å². The lowest BCUT2D eigenvalue weighted by Crippen LogP contribution is -2.37. The average molecular weight is 223 g/mol. The van der Waals surface area contributed by atoms with Gasteiger partial charge in [-0.3, -0.25) is 0 Å². The molecule has 3 rings (SSSR count). The largest absolute Gasteiger partial charge is 0.195 e. The van der Waals surface area contributed by atoms with Gasteiger partial charge in [0, 0.05) is 11.5 Å². The quantitative estimate of drug-likeness (QED) is 0.561. The fourth-order valence-corrected chi connectivity index (χ4v) is 2.32. The Morgan fingerprint density at radius 1 is 1.00 bits per heavy atom. The fourth-order valence-electron chi connectivity index (χ4n) is 2.32. The molecule has 0 fully saturated rings. The van der Waals surface area contributed by atoms with Crippen molar-refractivity contribution in [2.75, 3.05) is 0 Å². The Hall–Kier alpha value is -2.09. The number of benzene rings is 2. The summed E-state index contributed by atoms with van der Waals surface area (Å²) in [5, 5.41) is 2.57. The number of aryl methyl sites for hydroxylation is 2. The molecule has 0 bridgehead atoms. The van der Waals surface area contributed by atoms with Gasteiger partial charge in [0.05, 0.1) is 6.20 Å². The van der Waals surface area contributed by atoms with E-state index in [1.165, 1.54) is 22.0 Å². The highest BCUT2D eigenvalue weighted by molar-refractivity contribution is 5.91. The zero-order valence-electron chi connectivity index (χ0n) is 10.1. The van der Waals surface area contributed by atoms with Gasteiger partial charge in [-0.15, -0.1) is 9.36 Å². The van der Waals surface area contributed by atoms with Gasteiger partial charge in [-0.2, -0.15) is 0 Å². The number of aromatic nitrogens is 2. The van der Waals surface area contributed by atoms with Crippen LogP contribution in [0.25, 0.3) is 16.5 Å². The third-order valence-corrected chi connectivity index (χ3v) is 3.20. The SMILES string of the molecule is Cc1ccc2ccccc2c1-n1ccc[n+]1C. The summed E-state index contributed by atoms with van der Waals surface area (Å²) < 4.78 is 4.27. The van der Waals surface area contributed by atoms with Crippen LogP contribution in [0, 0.1) is 6.92 Å². The summed E-state index contributed by atoms with van der Waals surface area (Å²) in [6, 6.07) is 14.9. The van der Waals surface area contributed by atoms with E-state index in [-0.39, 0.29) is 0 Å². The minimum Gasteiger partial charge on any atom is -0.128 e. The molecule has 0 aliphatic rings. The zero-order chi connectivity index (χ0) is 11.8. The van der Waals surface area contributed by atoms with E-state index in [2.05, 4.69) is 78.2 Å². The highest BCUT2D eigenvalue weighted by Gasteiger charge is 2.11. The minimum absolute atomic E-state index is 1.26. The lowest BCUT2D eigenvalue weighted by molar-refractivity contribution is -0.744. The molecule has 1 heterocycles. The smallest absolute Gasteiger partial charge is 0.128 e. The topological polar surface area (TPSA) is 8.81 Å². The van der Waals surface area contributed by atoms with E-state index in [0.29, 0.717) is 0 Å². The van der Waals surface area contributed by atoms with Gasteiger partial charge in [0.1, 0.15) is 5.69 Å². The molecule has 0 unspecified atom stereocenters. The highest BCUT2D eigenvalue weighted by atomic mass is 15.4. The number of hydrogen-bond acceptors (Lipinski definition) is 0. The Bertz CT molecular complexity index is 680. The van der Waals surface area contributed by atoms with Crippen LogP contribution in [0.5, 0.6) is 0 Å². The standard InChI is InChI=1S/C15H15N2/c1-12-8-9-13-6-3-4-7-14(13)15(12)17-11-5-10-16(17)2/h3-11H,1-2H3/q+1. The Balaban J connectivity index is 2.42. The van der Waals surface area contributed by atoms with Gasteiger partial charge < -0.3 is 0 Å². The van der Waals surface area contributed by atoms with Crippen molar-refractivity contribution in [1.82, 2.24) is 4.68 Å². The normalized spacial score (nSPS) is 10.9. The predicted molar refractivity (Wildman–Crippen MR) is 69.2 cm³/mol. The molecule has 0 spiro atoms. The number of nitrogens with zero attached hydrogens (tertiary/aromatic N) is 2. The molecule has 0 saturated heterocycles. The van der Waals surface area contributed by atoms with Gasteiger partial charge in [-0.1, -0.05) is 36.4 Å². The molecule has 0 amide bonds. The summed E-state index contributed by atoms with van der Waals surface area (Å²) in [5.74, 6) is 0. The first kappa shape index (κ1) is 10.1. The number of fused-ring (bicyclic) bond motifs is 1. The lowest BCUT2D eigenvalue weighted by Gasteiger charge is -2.08. The van der Waals surface area contributed by atoms with Crippen molar-refractivity contribution >= 4 is 10.8 Å². The van der Waals surface area contributed by atoms with E-state index >= 15 is 0 Å². The molecule has 1 aromatic heterocycles. The second-order valence-electron chi connectivity index (χ2n) is 4.36. The third-order valence-electron chi connectivity index (χ3n) is 3.20. The van der Waals surface area contributed by atoms with Crippen LogP contribution < -0.4 is 4.68 Å². The molecule has 84 valence electrons. The molecular formula is C15H15N2+. The lowest BCUT2D eigenvalue weighted by atomic mass is 10.0.